The van der Waals surface area contributed by atoms with Crippen LogP contribution in [0.3, 0.4) is 0 Å². The number of rotatable bonds is 4. The van der Waals surface area contributed by atoms with Crippen LogP contribution in [0.1, 0.15) is 30.1 Å². The molecule has 0 amide bonds. The third-order valence-electron chi connectivity index (χ3n) is 3.24. The van der Waals surface area contributed by atoms with Crippen molar-refractivity contribution in [3.05, 3.63) is 75.8 Å². The molecule has 0 aliphatic heterocycles. The number of non-ortho nitro benzene ring substituents is 1. The summed E-state index contributed by atoms with van der Waals surface area (Å²) < 4.78 is 0. The molecule has 19 heavy (non-hydrogen) atoms. The van der Waals surface area contributed by atoms with E-state index in [1.807, 2.05) is 37.3 Å². The van der Waals surface area contributed by atoms with Crippen LogP contribution in [-0.2, 0) is 0 Å². The third kappa shape index (κ3) is 2.98. The number of hydrogen-bond acceptors (Lipinski definition) is 3. The summed E-state index contributed by atoms with van der Waals surface area (Å²) in [6.07, 6.45) is -0.623. The topological polar surface area (TPSA) is 63.4 Å². The highest BCUT2D eigenvalue weighted by atomic mass is 16.6. The summed E-state index contributed by atoms with van der Waals surface area (Å²) >= 11 is 0. The summed E-state index contributed by atoms with van der Waals surface area (Å²) in [6, 6.07) is 15.7. The molecule has 0 aromatic heterocycles. The number of aliphatic hydroxyl groups is 1. The summed E-state index contributed by atoms with van der Waals surface area (Å²) in [7, 11) is 0. The van der Waals surface area contributed by atoms with Gasteiger partial charge in [-0.1, -0.05) is 49.4 Å². The van der Waals surface area contributed by atoms with Gasteiger partial charge >= 0.3 is 0 Å². The molecule has 0 fully saturated rings. The van der Waals surface area contributed by atoms with Crippen molar-refractivity contribution >= 4 is 5.69 Å². The maximum Gasteiger partial charge on any atom is 0.269 e. The van der Waals surface area contributed by atoms with Gasteiger partial charge in [-0.05, 0) is 11.1 Å². The van der Waals surface area contributed by atoms with Crippen LogP contribution in [0.25, 0.3) is 0 Å². The van der Waals surface area contributed by atoms with E-state index in [9.17, 15) is 15.2 Å². The predicted octanol–water partition coefficient (Wildman–Crippen LogP) is 3.43. The number of nitro groups is 1. The number of aliphatic hydroxyl groups excluding tert-OH is 1. The second kappa shape index (κ2) is 5.63. The molecule has 0 aliphatic rings. The molecule has 2 aromatic carbocycles. The molecule has 0 saturated carbocycles. The molecule has 0 bridgehead atoms. The molecule has 4 nitrogen and oxygen atoms in total. The minimum atomic E-state index is -0.623. The van der Waals surface area contributed by atoms with Crippen molar-refractivity contribution in [2.75, 3.05) is 0 Å². The zero-order valence-corrected chi connectivity index (χ0v) is 10.6. The molecule has 0 spiro atoms. The second-order valence-electron chi connectivity index (χ2n) is 4.49. The Hall–Kier alpha value is -2.20. The van der Waals surface area contributed by atoms with E-state index in [-0.39, 0.29) is 11.6 Å². The van der Waals surface area contributed by atoms with Crippen LogP contribution in [0.2, 0.25) is 0 Å². The zero-order chi connectivity index (χ0) is 13.8. The Morgan fingerprint density at radius 1 is 1.00 bits per heavy atom. The molecule has 2 unspecified atom stereocenters. The molecule has 2 rings (SSSR count). The van der Waals surface area contributed by atoms with E-state index in [1.54, 1.807) is 12.1 Å². The zero-order valence-electron chi connectivity index (χ0n) is 10.6. The number of hydrogen-bond donors (Lipinski definition) is 1. The fourth-order valence-electron chi connectivity index (χ4n) is 2.02. The first-order chi connectivity index (χ1) is 9.09. The van der Waals surface area contributed by atoms with Gasteiger partial charge in [-0.25, -0.2) is 0 Å². The normalized spacial score (nSPS) is 13.8. The van der Waals surface area contributed by atoms with Crippen LogP contribution in [0, 0.1) is 10.1 Å². The number of nitrogens with zero attached hydrogens (tertiary/aromatic N) is 1. The summed E-state index contributed by atoms with van der Waals surface area (Å²) in [5.74, 6) is -0.122. The highest BCUT2D eigenvalue weighted by Crippen LogP contribution is 2.31. The fourth-order valence-corrected chi connectivity index (χ4v) is 2.02. The molecule has 2 aromatic rings. The average Bonchev–Trinajstić information content (AvgIpc) is 2.46. The Balaban J connectivity index is 2.19. The number of nitro benzene ring substituents is 1. The average molecular weight is 257 g/mol. The van der Waals surface area contributed by atoms with E-state index >= 15 is 0 Å². The van der Waals surface area contributed by atoms with Crippen LogP contribution in [0.4, 0.5) is 5.69 Å². The molecular formula is C15H15NO3. The Morgan fingerprint density at radius 2 is 1.58 bits per heavy atom. The van der Waals surface area contributed by atoms with Crippen LogP contribution in [0.5, 0.6) is 0 Å². The molecule has 0 heterocycles. The molecular weight excluding hydrogens is 242 g/mol. The first-order valence-electron chi connectivity index (χ1n) is 6.07. The van der Waals surface area contributed by atoms with E-state index in [0.717, 1.165) is 11.1 Å². The lowest BCUT2D eigenvalue weighted by Crippen LogP contribution is -2.07. The molecule has 0 aliphatic carbocycles. The number of benzene rings is 2. The Labute approximate surface area is 111 Å². The highest BCUT2D eigenvalue weighted by Gasteiger charge is 2.18. The largest absolute Gasteiger partial charge is 0.388 e. The SMILES string of the molecule is CC(c1ccc([N+](=O)[O-])cc1)C(O)c1ccccc1. The van der Waals surface area contributed by atoms with Crippen LogP contribution in [0.15, 0.2) is 54.6 Å². The predicted molar refractivity (Wildman–Crippen MR) is 72.9 cm³/mol. The van der Waals surface area contributed by atoms with Gasteiger partial charge in [0.2, 0.25) is 0 Å². The lowest BCUT2D eigenvalue weighted by molar-refractivity contribution is -0.384. The van der Waals surface area contributed by atoms with Gasteiger partial charge in [0.1, 0.15) is 0 Å². The minimum absolute atomic E-state index is 0.0603. The molecule has 4 heteroatoms. The van der Waals surface area contributed by atoms with E-state index in [0.29, 0.717) is 0 Å². The van der Waals surface area contributed by atoms with E-state index in [1.165, 1.54) is 12.1 Å². The summed E-state index contributed by atoms with van der Waals surface area (Å²) in [4.78, 5) is 10.2. The Kier molecular flexibility index (Phi) is 3.92. The Bertz CT molecular complexity index is 551. The van der Waals surface area contributed by atoms with E-state index in [4.69, 9.17) is 0 Å². The Morgan fingerprint density at radius 3 is 2.11 bits per heavy atom. The summed E-state index contributed by atoms with van der Waals surface area (Å²) in [5, 5.41) is 20.9. The van der Waals surface area contributed by atoms with Crippen molar-refractivity contribution in [2.45, 2.75) is 18.9 Å². The third-order valence-corrected chi connectivity index (χ3v) is 3.24. The summed E-state index contributed by atoms with van der Waals surface area (Å²) in [6.45, 7) is 1.90. The van der Waals surface area contributed by atoms with Crippen LogP contribution in [-0.4, -0.2) is 10.0 Å². The van der Waals surface area contributed by atoms with E-state index < -0.39 is 11.0 Å². The molecule has 0 radical (unpaired) electrons. The van der Waals surface area contributed by atoms with E-state index in [2.05, 4.69) is 0 Å². The van der Waals surface area contributed by atoms with Gasteiger partial charge in [-0.15, -0.1) is 0 Å². The van der Waals surface area contributed by atoms with Gasteiger partial charge in [0.25, 0.3) is 5.69 Å². The van der Waals surface area contributed by atoms with Gasteiger partial charge in [0.05, 0.1) is 11.0 Å². The van der Waals surface area contributed by atoms with Gasteiger partial charge < -0.3 is 5.11 Å². The summed E-state index contributed by atoms with van der Waals surface area (Å²) in [5.41, 5.74) is 1.78. The molecule has 1 N–H and O–H groups in total. The monoisotopic (exact) mass is 257 g/mol. The quantitative estimate of drug-likeness (QED) is 0.674. The first-order valence-corrected chi connectivity index (χ1v) is 6.07. The van der Waals surface area contributed by atoms with Crippen molar-refractivity contribution in [1.29, 1.82) is 0 Å². The van der Waals surface area contributed by atoms with Crippen molar-refractivity contribution < 1.29 is 10.0 Å². The lowest BCUT2D eigenvalue weighted by atomic mass is 9.91. The lowest BCUT2D eigenvalue weighted by Gasteiger charge is -2.19. The minimum Gasteiger partial charge on any atom is -0.388 e. The van der Waals surface area contributed by atoms with Crippen LogP contribution < -0.4 is 0 Å². The molecule has 2 atom stereocenters. The van der Waals surface area contributed by atoms with Gasteiger partial charge in [0, 0.05) is 18.1 Å². The van der Waals surface area contributed by atoms with Crippen molar-refractivity contribution in [3.8, 4) is 0 Å². The second-order valence-corrected chi connectivity index (χ2v) is 4.49. The first kappa shape index (κ1) is 13.2. The molecule has 0 saturated heterocycles. The maximum atomic E-state index is 10.6. The van der Waals surface area contributed by atoms with Crippen LogP contribution >= 0.6 is 0 Å². The van der Waals surface area contributed by atoms with Gasteiger partial charge in [-0.3, -0.25) is 10.1 Å². The highest BCUT2D eigenvalue weighted by molar-refractivity contribution is 5.35. The smallest absolute Gasteiger partial charge is 0.269 e. The van der Waals surface area contributed by atoms with Crippen molar-refractivity contribution in [1.82, 2.24) is 0 Å². The fraction of sp³-hybridized carbons (Fsp3) is 0.200. The van der Waals surface area contributed by atoms with Gasteiger partial charge in [0.15, 0.2) is 0 Å². The maximum absolute atomic E-state index is 10.6. The van der Waals surface area contributed by atoms with Crippen molar-refractivity contribution in [2.24, 2.45) is 0 Å². The molecule has 98 valence electrons. The standard InChI is InChI=1S/C15H15NO3/c1-11(15(17)13-5-3-2-4-6-13)12-7-9-14(10-8-12)16(18)19/h2-11,15,17H,1H3. The van der Waals surface area contributed by atoms with Crippen molar-refractivity contribution in [3.63, 3.8) is 0 Å². The van der Waals surface area contributed by atoms with Gasteiger partial charge in [-0.2, -0.15) is 0 Å².